The number of nitrogens with one attached hydrogen (secondary N) is 1. The van der Waals surface area contributed by atoms with Crippen LogP contribution >= 0.6 is 11.6 Å². The number of likely N-dealkylation sites (tertiary alicyclic amines) is 1. The summed E-state index contributed by atoms with van der Waals surface area (Å²) >= 11 is 6.15. The molecular weight excluding hydrogens is 450 g/mol. The van der Waals surface area contributed by atoms with E-state index >= 15 is 0 Å². The number of rotatable bonds is 7. The van der Waals surface area contributed by atoms with Crippen molar-refractivity contribution in [2.45, 2.75) is 19.4 Å². The maximum atomic E-state index is 12.7. The predicted molar refractivity (Wildman–Crippen MR) is 133 cm³/mol. The van der Waals surface area contributed by atoms with Gasteiger partial charge in [-0.2, -0.15) is 5.10 Å². The van der Waals surface area contributed by atoms with E-state index in [4.69, 9.17) is 16.3 Å². The van der Waals surface area contributed by atoms with E-state index in [0.717, 1.165) is 11.1 Å². The van der Waals surface area contributed by atoms with Crippen molar-refractivity contribution in [3.63, 3.8) is 0 Å². The minimum Gasteiger partial charge on any atom is -0.488 e. The van der Waals surface area contributed by atoms with Crippen molar-refractivity contribution in [2.24, 2.45) is 11.0 Å². The summed E-state index contributed by atoms with van der Waals surface area (Å²) in [5.74, 6) is 0.242. The van der Waals surface area contributed by atoms with E-state index in [9.17, 15) is 9.59 Å². The molecular formula is C27H26ClN3O3. The lowest BCUT2D eigenvalue weighted by Crippen LogP contribution is -2.42. The van der Waals surface area contributed by atoms with E-state index in [0.29, 0.717) is 48.9 Å². The van der Waals surface area contributed by atoms with Crippen molar-refractivity contribution in [3.05, 3.63) is 101 Å². The molecule has 0 radical (unpaired) electrons. The van der Waals surface area contributed by atoms with E-state index in [1.807, 2.05) is 54.6 Å². The lowest BCUT2D eigenvalue weighted by atomic mass is 9.95. The Morgan fingerprint density at radius 3 is 2.41 bits per heavy atom. The minimum absolute atomic E-state index is 0.102. The topological polar surface area (TPSA) is 71.0 Å². The fourth-order valence-corrected chi connectivity index (χ4v) is 4.08. The number of nitrogens with zero attached hydrogens (tertiary/aromatic N) is 2. The zero-order valence-corrected chi connectivity index (χ0v) is 19.4. The number of carbonyl (C=O) groups is 2. The Hall–Kier alpha value is -3.64. The molecule has 0 aliphatic carbocycles. The maximum Gasteiger partial charge on any atom is 0.255 e. The van der Waals surface area contributed by atoms with Crippen molar-refractivity contribution >= 4 is 29.6 Å². The zero-order chi connectivity index (χ0) is 23.8. The largest absolute Gasteiger partial charge is 0.488 e. The molecule has 0 spiro atoms. The molecule has 0 aromatic heterocycles. The fraction of sp³-hybridized carbons (Fsp3) is 0.222. The van der Waals surface area contributed by atoms with E-state index in [1.165, 1.54) is 0 Å². The third-order valence-corrected chi connectivity index (χ3v) is 6.12. The number of halogens is 1. The van der Waals surface area contributed by atoms with Gasteiger partial charge in [-0.3, -0.25) is 9.59 Å². The van der Waals surface area contributed by atoms with Gasteiger partial charge in [-0.05, 0) is 42.7 Å². The first-order valence-corrected chi connectivity index (χ1v) is 11.6. The molecule has 2 amide bonds. The first kappa shape index (κ1) is 23.5. The fourth-order valence-electron chi connectivity index (χ4n) is 3.86. The highest BCUT2D eigenvalue weighted by molar-refractivity contribution is 6.33. The van der Waals surface area contributed by atoms with Crippen LogP contribution in [0.3, 0.4) is 0 Å². The van der Waals surface area contributed by atoms with Crippen LogP contribution in [0.25, 0.3) is 0 Å². The second-order valence-electron chi connectivity index (χ2n) is 8.09. The van der Waals surface area contributed by atoms with Crippen molar-refractivity contribution < 1.29 is 14.3 Å². The standard InChI is InChI=1S/C27H26ClN3O3/c28-24-12-6-5-11-23(24)27(33)31-16-14-21(15-17-31)26(32)30-29-18-22-10-4-7-13-25(22)34-19-20-8-2-1-3-9-20/h1-13,18,21H,14-17,19H2,(H,30,32)/b29-18-. The van der Waals surface area contributed by atoms with Gasteiger partial charge in [-0.25, -0.2) is 5.43 Å². The molecule has 1 saturated heterocycles. The molecule has 3 aromatic rings. The first-order chi connectivity index (χ1) is 16.6. The van der Waals surface area contributed by atoms with Crippen molar-refractivity contribution in [2.75, 3.05) is 13.1 Å². The molecule has 1 aliphatic rings. The highest BCUT2D eigenvalue weighted by atomic mass is 35.5. The summed E-state index contributed by atoms with van der Waals surface area (Å²) in [6.07, 6.45) is 2.75. The number of benzene rings is 3. The smallest absolute Gasteiger partial charge is 0.255 e. The van der Waals surface area contributed by atoms with Crippen molar-refractivity contribution in [1.82, 2.24) is 10.3 Å². The SMILES string of the molecule is O=C(N/N=C\c1ccccc1OCc1ccccc1)C1CCN(C(=O)c2ccccc2Cl)CC1. The first-order valence-electron chi connectivity index (χ1n) is 11.2. The van der Waals surface area contributed by atoms with Crippen LogP contribution in [-0.2, 0) is 11.4 Å². The van der Waals surface area contributed by atoms with E-state index < -0.39 is 0 Å². The van der Waals surface area contributed by atoms with E-state index in [1.54, 1.807) is 35.4 Å². The number of carbonyl (C=O) groups excluding carboxylic acids is 2. The molecule has 1 fully saturated rings. The summed E-state index contributed by atoms with van der Waals surface area (Å²) in [6, 6.07) is 24.5. The van der Waals surface area contributed by atoms with E-state index in [2.05, 4.69) is 10.5 Å². The Kier molecular flexibility index (Phi) is 7.94. The van der Waals surface area contributed by atoms with Gasteiger partial charge in [0.05, 0.1) is 16.8 Å². The van der Waals surface area contributed by atoms with Gasteiger partial charge in [0, 0.05) is 24.6 Å². The molecule has 34 heavy (non-hydrogen) atoms. The Labute approximate surface area is 204 Å². The average molecular weight is 476 g/mol. The third kappa shape index (κ3) is 6.02. The Balaban J connectivity index is 1.28. The van der Waals surface area contributed by atoms with Gasteiger partial charge in [0.25, 0.3) is 5.91 Å². The molecule has 0 unspecified atom stereocenters. The molecule has 0 bridgehead atoms. The minimum atomic E-state index is -0.197. The summed E-state index contributed by atoms with van der Waals surface area (Å²) in [5, 5.41) is 4.58. The summed E-state index contributed by atoms with van der Waals surface area (Å²) in [7, 11) is 0. The van der Waals surface area contributed by atoms with Gasteiger partial charge in [-0.15, -0.1) is 0 Å². The van der Waals surface area contributed by atoms with Gasteiger partial charge in [0.2, 0.25) is 5.91 Å². The predicted octanol–water partition coefficient (Wildman–Crippen LogP) is 4.92. The number of hydrogen-bond donors (Lipinski definition) is 1. The van der Waals surface area contributed by atoms with Gasteiger partial charge in [-0.1, -0.05) is 66.2 Å². The van der Waals surface area contributed by atoms with Crippen LogP contribution in [-0.4, -0.2) is 36.0 Å². The number of hydrazone groups is 1. The van der Waals surface area contributed by atoms with Gasteiger partial charge >= 0.3 is 0 Å². The molecule has 1 heterocycles. The van der Waals surface area contributed by atoms with Crippen LogP contribution in [0.2, 0.25) is 5.02 Å². The van der Waals surface area contributed by atoms with Crippen LogP contribution in [0.4, 0.5) is 0 Å². The maximum absolute atomic E-state index is 12.7. The van der Waals surface area contributed by atoms with Crippen LogP contribution in [0.5, 0.6) is 5.75 Å². The van der Waals surface area contributed by atoms with Gasteiger partial charge in [0.1, 0.15) is 12.4 Å². The highest BCUT2D eigenvalue weighted by Gasteiger charge is 2.28. The molecule has 3 aromatic carbocycles. The average Bonchev–Trinajstić information content (AvgIpc) is 2.88. The second kappa shape index (κ2) is 11.5. The van der Waals surface area contributed by atoms with Crippen LogP contribution in [0.15, 0.2) is 84.0 Å². The van der Waals surface area contributed by atoms with Crippen LogP contribution < -0.4 is 10.2 Å². The second-order valence-corrected chi connectivity index (χ2v) is 8.50. The molecule has 4 rings (SSSR count). The molecule has 6 nitrogen and oxygen atoms in total. The lowest BCUT2D eigenvalue weighted by Gasteiger charge is -2.31. The number of hydrogen-bond acceptors (Lipinski definition) is 4. The van der Waals surface area contributed by atoms with Crippen LogP contribution in [0, 0.1) is 5.92 Å². The Morgan fingerprint density at radius 1 is 0.971 bits per heavy atom. The normalized spacial score (nSPS) is 14.2. The Bertz CT molecular complexity index is 1160. The highest BCUT2D eigenvalue weighted by Crippen LogP contribution is 2.23. The zero-order valence-electron chi connectivity index (χ0n) is 18.7. The van der Waals surface area contributed by atoms with E-state index in [-0.39, 0.29) is 17.7 Å². The molecule has 174 valence electrons. The summed E-state index contributed by atoms with van der Waals surface area (Å²) < 4.78 is 5.93. The molecule has 1 N–H and O–H groups in total. The van der Waals surface area contributed by atoms with Gasteiger partial charge < -0.3 is 9.64 Å². The lowest BCUT2D eigenvalue weighted by molar-refractivity contribution is -0.126. The Morgan fingerprint density at radius 2 is 1.65 bits per heavy atom. The number of amides is 2. The molecule has 7 heteroatoms. The van der Waals surface area contributed by atoms with Gasteiger partial charge in [0.15, 0.2) is 0 Å². The number of para-hydroxylation sites is 1. The number of ether oxygens (including phenoxy) is 1. The van der Waals surface area contributed by atoms with Crippen molar-refractivity contribution in [1.29, 1.82) is 0 Å². The quantitative estimate of drug-likeness (QED) is 0.389. The molecule has 0 atom stereocenters. The summed E-state index contributed by atoms with van der Waals surface area (Å²) in [6.45, 7) is 1.45. The number of piperidine rings is 1. The third-order valence-electron chi connectivity index (χ3n) is 5.79. The summed E-state index contributed by atoms with van der Waals surface area (Å²) in [5.41, 5.74) is 4.98. The molecule has 0 saturated carbocycles. The summed E-state index contributed by atoms with van der Waals surface area (Å²) in [4.78, 5) is 27.1. The monoisotopic (exact) mass is 475 g/mol. The van der Waals surface area contributed by atoms with Crippen molar-refractivity contribution in [3.8, 4) is 5.75 Å². The molecule has 1 aliphatic heterocycles. The van der Waals surface area contributed by atoms with Crippen LogP contribution in [0.1, 0.15) is 34.3 Å².